The molecule has 0 unspecified atom stereocenters. The fourth-order valence-corrected chi connectivity index (χ4v) is 2.72. The minimum atomic E-state index is -0.191. The predicted octanol–water partition coefficient (Wildman–Crippen LogP) is 4.34. The molecule has 0 aliphatic rings. The minimum absolute atomic E-state index is 0.0338. The zero-order chi connectivity index (χ0) is 21.8. The summed E-state index contributed by atoms with van der Waals surface area (Å²) in [6.07, 6.45) is 7.35. The summed E-state index contributed by atoms with van der Waals surface area (Å²) in [5.74, 6) is 4.19. The lowest BCUT2D eigenvalue weighted by Gasteiger charge is -2.19. The maximum atomic E-state index is 12.4. The number of nitrogen functional groups attached to an aromatic ring is 1. The topological polar surface area (TPSA) is 99.4 Å². The highest BCUT2D eigenvalue weighted by Crippen LogP contribution is 2.37. The van der Waals surface area contributed by atoms with E-state index in [1.807, 2.05) is 40.7 Å². The van der Waals surface area contributed by atoms with E-state index in [2.05, 4.69) is 21.2 Å². The van der Waals surface area contributed by atoms with Crippen LogP contribution in [0.4, 0.5) is 11.8 Å². The molecule has 2 rings (SSSR count). The Morgan fingerprint density at radius 2 is 1.97 bits per heavy atom. The van der Waals surface area contributed by atoms with Crippen LogP contribution in [0.25, 0.3) is 0 Å². The van der Waals surface area contributed by atoms with E-state index in [9.17, 15) is 4.79 Å². The van der Waals surface area contributed by atoms with Crippen molar-refractivity contribution in [1.82, 2.24) is 9.97 Å². The smallest absolute Gasteiger partial charge is 0.226 e. The monoisotopic (exact) mass is 396 g/mol. The SMILES string of the molecule is C#Cc1cc(Oc2cnc(N)nc2NC(=O)CC(C)(C)C)c(C(C)C)cc1OC. The van der Waals surface area contributed by atoms with Crippen LogP contribution in [0.2, 0.25) is 0 Å². The Morgan fingerprint density at radius 1 is 1.28 bits per heavy atom. The van der Waals surface area contributed by atoms with Crippen molar-refractivity contribution >= 4 is 17.7 Å². The normalized spacial score (nSPS) is 11.1. The summed E-state index contributed by atoms with van der Waals surface area (Å²) in [7, 11) is 1.57. The second-order valence-electron chi connectivity index (χ2n) is 8.22. The first-order valence-electron chi connectivity index (χ1n) is 9.32. The Hall–Kier alpha value is -3.27. The number of nitrogens with zero attached hydrogens (tertiary/aromatic N) is 2. The third kappa shape index (κ3) is 5.85. The van der Waals surface area contributed by atoms with Gasteiger partial charge in [0.15, 0.2) is 11.6 Å². The number of hydrogen-bond acceptors (Lipinski definition) is 6. The number of terminal acetylenes is 1. The van der Waals surface area contributed by atoms with Gasteiger partial charge in [-0.15, -0.1) is 6.42 Å². The lowest BCUT2D eigenvalue weighted by Crippen LogP contribution is -2.21. The van der Waals surface area contributed by atoms with Gasteiger partial charge in [-0.1, -0.05) is 40.5 Å². The van der Waals surface area contributed by atoms with E-state index in [0.29, 0.717) is 23.5 Å². The van der Waals surface area contributed by atoms with E-state index in [-0.39, 0.29) is 34.8 Å². The summed E-state index contributed by atoms with van der Waals surface area (Å²) < 4.78 is 11.5. The average Bonchev–Trinajstić information content (AvgIpc) is 2.61. The standard InChI is InChI=1S/C22H28N4O3/c1-8-14-9-17(15(13(2)3)10-16(14)28-7)29-18-12-24-21(23)26-20(18)25-19(27)11-22(4,5)6/h1,9-10,12-13H,11H2,2-7H3,(H3,23,24,25,26,27). The molecule has 3 N–H and O–H groups in total. The number of amides is 1. The molecule has 29 heavy (non-hydrogen) atoms. The van der Waals surface area contributed by atoms with Crippen molar-refractivity contribution in [2.24, 2.45) is 5.41 Å². The summed E-state index contributed by atoms with van der Waals surface area (Å²) in [4.78, 5) is 20.5. The van der Waals surface area contributed by atoms with E-state index >= 15 is 0 Å². The second kappa shape index (κ2) is 8.82. The fraction of sp³-hybridized carbons (Fsp3) is 0.409. The van der Waals surface area contributed by atoms with Crippen molar-refractivity contribution in [3.63, 3.8) is 0 Å². The number of aromatic nitrogens is 2. The third-order valence-corrected chi connectivity index (χ3v) is 4.05. The fourth-order valence-electron chi connectivity index (χ4n) is 2.72. The first-order chi connectivity index (χ1) is 13.5. The molecule has 0 fully saturated rings. The molecule has 1 heterocycles. The van der Waals surface area contributed by atoms with Gasteiger partial charge in [0.25, 0.3) is 0 Å². The predicted molar refractivity (Wildman–Crippen MR) is 114 cm³/mol. The zero-order valence-electron chi connectivity index (χ0n) is 17.8. The van der Waals surface area contributed by atoms with Crippen LogP contribution in [0, 0.1) is 17.8 Å². The van der Waals surface area contributed by atoms with Crippen LogP contribution in [0.1, 0.15) is 58.1 Å². The van der Waals surface area contributed by atoms with Gasteiger partial charge in [0.2, 0.25) is 11.9 Å². The molecule has 0 aliphatic heterocycles. The van der Waals surface area contributed by atoms with Gasteiger partial charge in [0, 0.05) is 18.1 Å². The lowest BCUT2D eigenvalue weighted by atomic mass is 9.92. The summed E-state index contributed by atoms with van der Waals surface area (Å²) in [6.45, 7) is 10.00. The van der Waals surface area contributed by atoms with Crippen LogP contribution in [0.15, 0.2) is 18.3 Å². The molecule has 0 atom stereocenters. The molecule has 0 aliphatic carbocycles. The van der Waals surface area contributed by atoms with Crippen LogP contribution in [0.3, 0.4) is 0 Å². The van der Waals surface area contributed by atoms with Crippen molar-refractivity contribution in [2.75, 3.05) is 18.2 Å². The molecule has 0 saturated heterocycles. The molecule has 0 saturated carbocycles. The minimum Gasteiger partial charge on any atom is -0.495 e. The first-order valence-corrected chi connectivity index (χ1v) is 9.32. The van der Waals surface area contributed by atoms with Gasteiger partial charge in [-0.25, -0.2) is 4.98 Å². The molecule has 7 nitrogen and oxygen atoms in total. The molecular weight excluding hydrogens is 368 g/mol. The molecule has 1 amide bonds. The average molecular weight is 396 g/mol. The Labute approximate surface area is 172 Å². The highest BCUT2D eigenvalue weighted by Gasteiger charge is 2.20. The number of nitrogens with two attached hydrogens (primary N) is 1. The Kier molecular flexibility index (Phi) is 6.70. The number of nitrogens with one attached hydrogen (secondary N) is 1. The van der Waals surface area contributed by atoms with Gasteiger partial charge in [0.05, 0.1) is 18.9 Å². The maximum Gasteiger partial charge on any atom is 0.226 e. The Balaban J connectivity index is 2.44. The lowest BCUT2D eigenvalue weighted by molar-refractivity contribution is -0.117. The largest absolute Gasteiger partial charge is 0.495 e. The Bertz CT molecular complexity index is 940. The highest BCUT2D eigenvalue weighted by atomic mass is 16.5. The van der Waals surface area contributed by atoms with Gasteiger partial charge < -0.3 is 20.5 Å². The molecule has 0 spiro atoms. The number of ether oxygens (including phenoxy) is 2. The zero-order valence-corrected chi connectivity index (χ0v) is 17.8. The maximum absolute atomic E-state index is 12.4. The van der Waals surface area contributed by atoms with Crippen LogP contribution in [-0.2, 0) is 4.79 Å². The molecule has 1 aromatic carbocycles. The molecule has 1 aromatic heterocycles. The van der Waals surface area contributed by atoms with Crippen molar-refractivity contribution in [1.29, 1.82) is 0 Å². The number of methoxy groups -OCH3 is 1. The van der Waals surface area contributed by atoms with Crippen molar-refractivity contribution < 1.29 is 14.3 Å². The third-order valence-electron chi connectivity index (χ3n) is 4.05. The summed E-state index contributed by atoms with van der Waals surface area (Å²) in [5, 5.41) is 2.77. The van der Waals surface area contributed by atoms with Crippen LogP contribution in [0.5, 0.6) is 17.2 Å². The summed E-state index contributed by atoms with van der Waals surface area (Å²) in [5.41, 5.74) is 6.99. The van der Waals surface area contributed by atoms with Crippen LogP contribution >= 0.6 is 0 Å². The number of carbonyl (C=O) groups excluding carboxylic acids is 1. The molecule has 2 aromatic rings. The number of carbonyl (C=O) groups is 1. The van der Waals surface area contributed by atoms with E-state index in [4.69, 9.17) is 21.6 Å². The van der Waals surface area contributed by atoms with Crippen molar-refractivity contribution in [2.45, 2.75) is 47.0 Å². The van der Waals surface area contributed by atoms with Crippen LogP contribution in [-0.4, -0.2) is 23.0 Å². The second-order valence-corrected chi connectivity index (χ2v) is 8.22. The molecule has 0 bridgehead atoms. The van der Waals surface area contributed by atoms with Gasteiger partial charge >= 0.3 is 0 Å². The van der Waals surface area contributed by atoms with Gasteiger partial charge in [-0.05, 0) is 17.4 Å². The Morgan fingerprint density at radius 3 is 2.52 bits per heavy atom. The first kappa shape index (κ1) is 22.0. The summed E-state index contributed by atoms with van der Waals surface area (Å²) >= 11 is 0. The number of hydrogen-bond donors (Lipinski definition) is 2. The van der Waals surface area contributed by atoms with Crippen molar-refractivity contribution in [3.8, 4) is 29.6 Å². The highest BCUT2D eigenvalue weighted by molar-refractivity contribution is 5.91. The molecular formula is C22H28N4O3. The van der Waals surface area contributed by atoms with E-state index < -0.39 is 0 Å². The molecule has 0 radical (unpaired) electrons. The van der Waals surface area contributed by atoms with E-state index in [0.717, 1.165) is 5.56 Å². The number of rotatable bonds is 6. The van der Waals surface area contributed by atoms with Gasteiger partial charge in [-0.3, -0.25) is 4.79 Å². The van der Waals surface area contributed by atoms with Gasteiger partial charge in [-0.2, -0.15) is 4.98 Å². The number of benzene rings is 1. The molecule has 7 heteroatoms. The van der Waals surface area contributed by atoms with E-state index in [1.165, 1.54) is 6.20 Å². The quantitative estimate of drug-likeness (QED) is 0.705. The van der Waals surface area contributed by atoms with Crippen molar-refractivity contribution in [3.05, 3.63) is 29.5 Å². The van der Waals surface area contributed by atoms with E-state index in [1.54, 1.807) is 13.2 Å². The van der Waals surface area contributed by atoms with Gasteiger partial charge in [0.1, 0.15) is 11.5 Å². The number of anilines is 2. The molecule has 154 valence electrons. The summed E-state index contributed by atoms with van der Waals surface area (Å²) in [6, 6.07) is 3.58. The van der Waals surface area contributed by atoms with Crippen LogP contribution < -0.4 is 20.5 Å².